The van der Waals surface area contributed by atoms with E-state index in [1.165, 1.54) is 7.11 Å². The summed E-state index contributed by atoms with van der Waals surface area (Å²) in [5, 5.41) is 9.30. The van der Waals surface area contributed by atoms with Gasteiger partial charge in [0.25, 0.3) is 6.01 Å². The summed E-state index contributed by atoms with van der Waals surface area (Å²) in [7, 11) is 3.40. The van der Waals surface area contributed by atoms with Gasteiger partial charge in [-0.25, -0.2) is 4.79 Å². The van der Waals surface area contributed by atoms with Crippen molar-refractivity contribution >= 4 is 29.2 Å². The van der Waals surface area contributed by atoms with Crippen LogP contribution in [-0.4, -0.2) is 60.9 Å². The van der Waals surface area contributed by atoms with Crippen LogP contribution in [0.4, 0.5) is 10.8 Å². The quantitative estimate of drug-likeness (QED) is 0.316. The number of aliphatic carboxylic acids is 1. The van der Waals surface area contributed by atoms with Crippen LogP contribution in [0.25, 0.3) is 11.1 Å². The van der Waals surface area contributed by atoms with Crippen molar-refractivity contribution in [3.63, 3.8) is 0 Å². The number of amides is 1. The molecule has 10 nitrogen and oxygen atoms in total. The number of aromatic nitrogens is 1. The Balaban J connectivity index is 1.34. The first-order chi connectivity index (χ1) is 17.9. The maximum atomic E-state index is 12.7. The number of nitrogens with zero attached hydrogens (tertiary/aromatic N) is 3. The molecule has 1 aromatic heterocycles. The molecule has 4 aromatic rings. The van der Waals surface area contributed by atoms with Gasteiger partial charge < -0.3 is 28.6 Å². The maximum absolute atomic E-state index is 12.7. The summed E-state index contributed by atoms with van der Waals surface area (Å²) >= 11 is 0. The number of carbonyl (C=O) groups excluding carboxylic acids is 1. The Labute approximate surface area is 213 Å². The second-order valence-electron chi connectivity index (χ2n) is 8.17. The van der Waals surface area contributed by atoms with E-state index in [1.54, 1.807) is 48.5 Å². The topological polar surface area (TPSA) is 115 Å². The SMILES string of the molecule is COc1ccc(OC(=O)N(CC(=O)O)Cc2cccc(OCCN(C)c3nc4ccccc4o3)c2)cc1. The van der Waals surface area contributed by atoms with Crippen molar-refractivity contribution in [3.05, 3.63) is 78.4 Å². The lowest BCUT2D eigenvalue weighted by Gasteiger charge is -2.21. The first-order valence-electron chi connectivity index (χ1n) is 11.5. The van der Waals surface area contributed by atoms with Gasteiger partial charge in [-0.05, 0) is 54.1 Å². The zero-order valence-electron chi connectivity index (χ0n) is 20.5. The van der Waals surface area contributed by atoms with E-state index in [2.05, 4.69) is 4.98 Å². The second-order valence-corrected chi connectivity index (χ2v) is 8.17. The molecule has 0 atom stereocenters. The molecular weight excluding hydrogens is 478 g/mol. The fraction of sp³-hybridized carbons (Fsp3) is 0.222. The lowest BCUT2D eigenvalue weighted by atomic mass is 10.2. The van der Waals surface area contributed by atoms with Gasteiger partial charge in [0, 0.05) is 13.6 Å². The third-order valence-electron chi connectivity index (χ3n) is 5.43. The van der Waals surface area contributed by atoms with Crippen molar-refractivity contribution in [1.29, 1.82) is 0 Å². The van der Waals surface area contributed by atoms with Gasteiger partial charge in [0.15, 0.2) is 5.58 Å². The Morgan fingerprint density at radius 3 is 2.46 bits per heavy atom. The number of carboxylic acid groups (broad SMARTS) is 1. The van der Waals surface area contributed by atoms with Crippen molar-refractivity contribution in [1.82, 2.24) is 9.88 Å². The number of carbonyl (C=O) groups is 2. The molecule has 0 saturated heterocycles. The third kappa shape index (κ3) is 6.91. The Hall–Kier alpha value is -4.73. The molecule has 3 aromatic carbocycles. The van der Waals surface area contributed by atoms with E-state index in [4.69, 9.17) is 18.6 Å². The number of benzene rings is 3. The summed E-state index contributed by atoms with van der Waals surface area (Å²) in [6, 6.07) is 21.6. The molecule has 1 heterocycles. The average molecular weight is 506 g/mol. The van der Waals surface area contributed by atoms with Crippen LogP contribution in [0.1, 0.15) is 5.56 Å². The number of ether oxygens (including phenoxy) is 3. The normalized spacial score (nSPS) is 10.6. The van der Waals surface area contributed by atoms with Gasteiger partial charge in [0.2, 0.25) is 0 Å². The molecule has 0 spiro atoms. The number of carboxylic acids is 1. The van der Waals surface area contributed by atoms with Crippen LogP contribution in [0, 0.1) is 0 Å². The highest BCUT2D eigenvalue weighted by Gasteiger charge is 2.20. The fourth-order valence-electron chi connectivity index (χ4n) is 3.53. The molecule has 0 fully saturated rings. The lowest BCUT2D eigenvalue weighted by Crippen LogP contribution is -2.37. The Bertz CT molecular complexity index is 1320. The van der Waals surface area contributed by atoms with Gasteiger partial charge in [-0.3, -0.25) is 9.69 Å². The summed E-state index contributed by atoms with van der Waals surface area (Å²) < 4.78 is 22.1. The van der Waals surface area contributed by atoms with E-state index in [1.807, 2.05) is 36.2 Å². The molecule has 0 unspecified atom stereocenters. The summed E-state index contributed by atoms with van der Waals surface area (Å²) in [5.41, 5.74) is 2.20. The Kier molecular flexibility index (Phi) is 8.09. The smallest absolute Gasteiger partial charge is 0.416 e. The highest BCUT2D eigenvalue weighted by atomic mass is 16.6. The van der Waals surface area contributed by atoms with Crippen LogP contribution >= 0.6 is 0 Å². The predicted octanol–water partition coefficient (Wildman–Crippen LogP) is 4.44. The van der Waals surface area contributed by atoms with Crippen molar-refractivity contribution < 1.29 is 33.3 Å². The van der Waals surface area contributed by atoms with E-state index < -0.39 is 18.6 Å². The van der Waals surface area contributed by atoms with Crippen LogP contribution in [0.5, 0.6) is 17.2 Å². The molecule has 10 heteroatoms. The van der Waals surface area contributed by atoms with Crippen molar-refractivity contribution in [2.24, 2.45) is 0 Å². The molecule has 1 N–H and O–H groups in total. The second kappa shape index (κ2) is 11.8. The molecule has 37 heavy (non-hydrogen) atoms. The largest absolute Gasteiger partial charge is 0.497 e. The third-order valence-corrected chi connectivity index (χ3v) is 5.43. The van der Waals surface area contributed by atoms with Crippen LogP contribution in [0.15, 0.2) is 77.2 Å². The molecule has 0 radical (unpaired) electrons. The molecule has 1 amide bonds. The minimum absolute atomic E-state index is 0.0291. The van der Waals surface area contributed by atoms with Crippen molar-refractivity contribution in [3.8, 4) is 17.2 Å². The number of fused-ring (bicyclic) bond motifs is 1. The monoisotopic (exact) mass is 505 g/mol. The number of hydrogen-bond donors (Lipinski definition) is 1. The van der Waals surface area contributed by atoms with Crippen molar-refractivity contribution in [2.75, 3.05) is 38.8 Å². The van der Waals surface area contributed by atoms with Crippen LogP contribution in [-0.2, 0) is 11.3 Å². The van der Waals surface area contributed by atoms with E-state index in [9.17, 15) is 14.7 Å². The number of para-hydroxylation sites is 2. The number of likely N-dealkylation sites (N-methyl/N-ethyl adjacent to an activating group) is 1. The van der Waals surface area contributed by atoms with Crippen LogP contribution in [0.3, 0.4) is 0 Å². The van der Waals surface area contributed by atoms with E-state index in [0.29, 0.717) is 36.2 Å². The summed E-state index contributed by atoms with van der Waals surface area (Å²) in [6.07, 6.45) is -0.779. The molecule has 0 aliphatic heterocycles. The molecule has 4 rings (SSSR count). The summed E-state index contributed by atoms with van der Waals surface area (Å²) in [5.74, 6) is 0.323. The zero-order chi connectivity index (χ0) is 26.2. The van der Waals surface area contributed by atoms with Crippen LogP contribution in [0.2, 0.25) is 0 Å². The number of rotatable bonds is 11. The average Bonchev–Trinajstić information content (AvgIpc) is 3.33. The Morgan fingerprint density at radius 1 is 0.973 bits per heavy atom. The number of anilines is 1. The molecule has 0 aliphatic carbocycles. The molecule has 0 aliphatic rings. The number of hydrogen-bond acceptors (Lipinski definition) is 8. The van der Waals surface area contributed by atoms with Crippen molar-refractivity contribution in [2.45, 2.75) is 6.54 Å². The van der Waals surface area contributed by atoms with Gasteiger partial charge in [-0.2, -0.15) is 4.98 Å². The van der Waals surface area contributed by atoms with E-state index in [-0.39, 0.29) is 12.3 Å². The lowest BCUT2D eigenvalue weighted by molar-refractivity contribution is -0.138. The van der Waals surface area contributed by atoms with Gasteiger partial charge in [0.1, 0.15) is 35.9 Å². The predicted molar refractivity (Wildman–Crippen MR) is 136 cm³/mol. The molecular formula is C27H27N3O7. The first-order valence-corrected chi connectivity index (χ1v) is 11.5. The fourth-order valence-corrected chi connectivity index (χ4v) is 3.53. The van der Waals surface area contributed by atoms with Crippen LogP contribution < -0.4 is 19.1 Å². The van der Waals surface area contributed by atoms with Gasteiger partial charge >= 0.3 is 12.1 Å². The minimum atomic E-state index is -1.15. The first kappa shape index (κ1) is 25.4. The highest BCUT2D eigenvalue weighted by Crippen LogP contribution is 2.22. The number of oxazole rings is 1. The molecule has 192 valence electrons. The standard InChI is InChI=1S/C27H27N3O7/c1-29(26-28-23-8-3-4-9-24(23)37-26)14-15-35-22-7-5-6-19(16-22)17-30(18-25(31)32)27(33)36-21-12-10-20(34-2)11-13-21/h3-13,16H,14-15,17-18H2,1-2H3,(H,31,32). The number of methoxy groups -OCH3 is 1. The molecule has 0 bridgehead atoms. The molecule has 0 saturated carbocycles. The summed E-state index contributed by atoms with van der Waals surface area (Å²) in [4.78, 5) is 31.5. The minimum Gasteiger partial charge on any atom is -0.497 e. The zero-order valence-corrected chi connectivity index (χ0v) is 20.5. The Morgan fingerprint density at radius 2 is 1.73 bits per heavy atom. The van der Waals surface area contributed by atoms with E-state index in [0.717, 1.165) is 16.0 Å². The van der Waals surface area contributed by atoms with Gasteiger partial charge in [-0.15, -0.1) is 0 Å². The summed E-state index contributed by atoms with van der Waals surface area (Å²) in [6.45, 7) is 0.393. The highest BCUT2D eigenvalue weighted by molar-refractivity contribution is 5.78. The maximum Gasteiger partial charge on any atom is 0.416 e. The van der Waals surface area contributed by atoms with Gasteiger partial charge in [0.05, 0.1) is 13.7 Å². The van der Waals surface area contributed by atoms with E-state index >= 15 is 0 Å². The van der Waals surface area contributed by atoms with Gasteiger partial charge in [-0.1, -0.05) is 24.3 Å².